The summed E-state index contributed by atoms with van der Waals surface area (Å²) < 4.78 is 25.2. The summed E-state index contributed by atoms with van der Waals surface area (Å²) in [7, 11) is -3.17. The summed E-state index contributed by atoms with van der Waals surface area (Å²) in [6, 6.07) is 0.200. The minimum absolute atomic E-state index is 0.00435. The second-order valence-electron chi connectivity index (χ2n) is 5.12. The van der Waals surface area contributed by atoms with Gasteiger partial charge in [0, 0.05) is 19.1 Å². The van der Waals surface area contributed by atoms with Crippen LogP contribution in [-0.2, 0) is 14.8 Å². The quantitative estimate of drug-likeness (QED) is 0.803. The highest BCUT2D eigenvalue weighted by Gasteiger charge is 2.31. The van der Waals surface area contributed by atoms with E-state index in [0.29, 0.717) is 13.1 Å². The van der Waals surface area contributed by atoms with Gasteiger partial charge in [-0.3, -0.25) is 4.79 Å². The lowest BCUT2D eigenvalue weighted by Gasteiger charge is -2.31. The van der Waals surface area contributed by atoms with E-state index in [1.807, 2.05) is 13.8 Å². The molecule has 5 nitrogen and oxygen atoms in total. The van der Waals surface area contributed by atoms with Gasteiger partial charge in [0.05, 0.1) is 11.7 Å². The molecule has 0 aromatic rings. The topological polar surface area (TPSA) is 66.5 Å². The van der Waals surface area contributed by atoms with Crippen LogP contribution in [0.5, 0.6) is 0 Å². The second kappa shape index (κ2) is 7.24. The van der Waals surface area contributed by atoms with Gasteiger partial charge in [-0.1, -0.05) is 13.8 Å². The number of hydrogen-bond donors (Lipinski definition) is 1. The Labute approximate surface area is 116 Å². The highest BCUT2D eigenvalue weighted by atomic mass is 32.2. The van der Waals surface area contributed by atoms with Gasteiger partial charge in [0.1, 0.15) is 0 Å². The first-order chi connectivity index (χ1) is 8.94. The van der Waals surface area contributed by atoms with Crippen LogP contribution in [0.25, 0.3) is 0 Å². The van der Waals surface area contributed by atoms with Crippen LogP contribution < -0.4 is 5.32 Å². The number of nitrogens with zero attached hydrogens (tertiary/aromatic N) is 1. The summed E-state index contributed by atoms with van der Waals surface area (Å²) in [5.41, 5.74) is 0. The van der Waals surface area contributed by atoms with Gasteiger partial charge in [0.2, 0.25) is 15.9 Å². The molecule has 1 heterocycles. The zero-order valence-electron chi connectivity index (χ0n) is 12.2. The lowest BCUT2D eigenvalue weighted by molar-refractivity contribution is -0.126. The Morgan fingerprint density at radius 3 is 2.47 bits per heavy atom. The van der Waals surface area contributed by atoms with E-state index in [2.05, 4.69) is 5.32 Å². The SMILES string of the molecule is CCC(CC)NC(=O)[C@H]1CCCN(S(=O)(=O)CC)C1. The van der Waals surface area contributed by atoms with Crippen LogP contribution in [0.2, 0.25) is 0 Å². The molecule has 0 aliphatic carbocycles. The summed E-state index contributed by atoms with van der Waals surface area (Å²) in [5, 5.41) is 3.02. The standard InChI is InChI=1S/C13H26N2O3S/c1-4-12(5-2)14-13(16)11-8-7-9-15(10-11)19(17,18)6-3/h11-12H,4-10H2,1-3H3,(H,14,16)/t11-/m0/s1. The molecule has 1 fully saturated rings. The lowest BCUT2D eigenvalue weighted by Crippen LogP contribution is -2.47. The number of carbonyl (C=O) groups is 1. The van der Waals surface area contributed by atoms with Gasteiger partial charge in [-0.2, -0.15) is 0 Å². The van der Waals surface area contributed by atoms with Crippen molar-refractivity contribution in [3.63, 3.8) is 0 Å². The van der Waals surface area contributed by atoms with Crippen molar-refractivity contribution in [1.82, 2.24) is 9.62 Å². The molecule has 19 heavy (non-hydrogen) atoms. The lowest BCUT2D eigenvalue weighted by atomic mass is 9.98. The fraction of sp³-hybridized carbons (Fsp3) is 0.923. The average Bonchev–Trinajstić information content (AvgIpc) is 2.44. The fourth-order valence-corrected chi connectivity index (χ4v) is 3.58. The number of sulfonamides is 1. The number of amides is 1. The predicted octanol–water partition coefficient (Wildman–Crippen LogP) is 1.35. The Bertz CT molecular complexity index is 391. The zero-order chi connectivity index (χ0) is 14.5. The van der Waals surface area contributed by atoms with Crippen LogP contribution in [0.1, 0.15) is 46.5 Å². The van der Waals surface area contributed by atoms with Crippen molar-refractivity contribution in [1.29, 1.82) is 0 Å². The first-order valence-electron chi connectivity index (χ1n) is 7.22. The van der Waals surface area contributed by atoms with Gasteiger partial charge in [-0.05, 0) is 32.6 Å². The highest BCUT2D eigenvalue weighted by molar-refractivity contribution is 7.89. The molecule has 0 aromatic carbocycles. The van der Waals surface area contributed by atoms with Crippen molar-refractivity contribution in [2.75, 3.05) is 18.8 Å². The number of nitrogens with one attached hydrogen (secondary N) is 1. The van der Waals surface area contributed by atoms with E-state index in [0.717, 1.165) is 25.7 Å². The third-order valence-electron chi connectivity index (χ3n) is 3.85. The van der Waals surface area contributed by atoms with Gasteiger partial charge in [-0.15, -0.1) is 0 Å². The maximum absolute atomic E-state index is 12.2. The zero-order valence-corrected chi connectivity index (χ0v) is 13.0. The van der Waals surface area contributed by atoms with Crippen molar-refractivity contribution in [2.24, 2.45) is 5.92 Å². The molecule has 112 valence electrons. The van der Waals surface area contributed by atoms with Crippen LogP contribution in [0, 0.1) is 5.92 Å². The van der Waals surface area contributed by atoms with Gasteiger partial charge in [0.15, 0.2) is 0 Å². The molecule has 0 bridgehead atoms. The van der Waals surface area contributed by atoms with E-state index >= 15 is 0 Å². The molecule has 0 unspecified atom stereocenters. The van der Waals surface area contributed by atoms with Gasteiger partial charge >= 0.3 is 0 Å². The number of rotatable bonds is 6. The van der Waals surface area contributed by atoms with Crippen LogP contribution in [0.4, 0.5) is 0 Å². The summed E-state index contributed by atoms with van der Waals surface area (Å²) in [4.78, 5) is 12.2. The monoisotopic (exact) mass is 290 g/mol. The van der Waals surface area contributed by atoms with Crippen LogP contribution in [-0.4, -0.2) is 43.5 Å². The van der Waals surface area contributed by atoms with E-state index in [9.17, 15) is 13.2 Å². The van der Waals surface area contributed by atoms with E-state index in [1.165, 1.54) is 4.31 Å². The van der Waals surface area contributed by atoms with Crippen LogP contribution >= 0.6 is 0 Å². The Kier molecular flexibility index (Phi) is 6.26. The molecule has 1 aliphatic rings. The molecule has 0 saturated carbocycles. The molecular weight excluding hydrogens is 264 g/mol. The molecule has 0 radical (unpaired) electrons. The molecule has 1 N–H and O–H groups in total. The molecule has 1 saturated heterocycles. The first-order valence-corrected chi connectivity index (χ1v) is 8.83. The largest absolute Gasteiger partial charge is 0.353 e. The van der Waals surface area contributed by atoms with Crippen molar-refractivity contribution in [3.8, 4) is 0 Å². The highest BCUT2D eigenvalue weighted by Crippen LogP contribution is 2.20. The van der Waals surface area contributed by atoms with Crippen LogP contribution in [0.3, 0.4) is 0 Å². The minimum Gasteiger partial charge on any atom is -0.353 e. The van der Waals surface area contributed by atoms with Crippen molar-refractivity contribution in [2.45, 2.75) is 52.5 Å². The maximum Gasteiger partial charge on any atom is 0.224 e. The molecule has 1 atom stereocenters. The average molecular weight is 290 g/mol. The predicted molar refractivity (Wildman–Crippen MR) is 76.3 cm³/mol. The molecule has 0 spiro atoms. The normalized spacial score (nSPS) is 21.6. The Morgan fingerprint density at radius 1 is 1.32 bits per heavy atom. The third-order valence-corrected chi connectivity index (χ3v) is 5.69. The van der Waals surface area contributed by atoms with Gasteiger partial charge in [0.25, 0.3) is 0 Å². The molecule has 1 amide bonds. The smallest absolute Gasteiger partial charge is 0.224 e. The Morgan fingerprint density at radius 2 is 1.95 bits per heavy atom. The third kappa shape index (κ3) is 4.45. The molecule has 0 aromatic heterocycles. The fourth-order valence-electron chi connectivity index (χ4n) is 2.40. The van der Waals surface area contributed by atoms with E-state index in [4.69, 9.17) is 0 Å². The minimum atomic E-state index is -3.17. The Hall–Kier alpha value is -0.620. The number of carbonyl (C=O) groups excluding carboxylic acids is 1. The summed E-state index contributed by atoms with van der Waals surface area (Å²) in [6.07, 6.45) is 3.36. The molecule has 1 rings (SSSR count). The molecular formula is C13H26N2O3S. The molecule has 6 heteroatoms. The first kappa shape index (κ1) is 16.4. The van der Waals surface area contributed by atoms with E-state index in [1.54, 1.807) is 6.92 Å². The van der Waals surface area contributed by atoms with Crippen LogP contribution in [0.15, 0.2) is 0 Å². The summed E-state index contributed by atoms with van der Waals surface area (Å²) >= 11 is 0. The van der Waals surface area contributed by atoms with E-state index in [-0.39, 0.29) is 23.6 Å². The second-order valence-corrected chi connectivity index (χ2v) is 7.38. The van der Waals surface area contributed by atoms with Gasteiger partial charge in [-0.25, -0.2) is 12.7 Å². The number of piperidine rings is 1. The summed E-state index contributed by atoms with van der Waals surface area (Å²) in [5.74, 6) is -0.0891. The Balaban J connectivity index is 2.62. The van der Waals surface area contributed by atoms with Crippen molar-refractivity contribution >= 4 is 15.9 Å². The van der Waals surface area contributed by atoms with Crippen molar-refractivity contribution < 1.29 is 13.2 Å². The van der Waals surface area contributed by atoms with Gasteiger partial charge < -0.3 is 5.32 Å². The van der Waals surface area contributed by atoms with Crippen molar-refractivity contribution in [3.05, 3.63) is 0 Å². The molecule has 1 aliphatic heterocycles. The summed E-state index contributed by atoms with van der Waals surface area (Å²) in [6.45, 7) is 6.61. The van der Waals surface area contributed by atoms with E-state index < -0.39 is 10.0 Å². The maximum atomic E-state index is 12.2. The number of hydrogen-bond acceptors (Lipinski definition) is 3.